The molecular weight excluding hydrogens is 765 g/mol. The molecule has 0 amide bonds. The maximum atomic E-state index is 7.01. The van der Waals surface area contributed by atoms with Crippen molar-refractivity contribution < 1.29 is 4.74 Å². The number of hydrogen-bond acceptors (Lipinski definition) is 3. The Morgan fingerprint density at radius 3 is 1.41 bits per heavy atom. The summed E-state index contributed by atoms with van der Waals surface area (Å²) in [6, 6.07) is 86.9. The molecule has 0 saturated heterocycles. The number of fused-ring (bicyclic) bond motifs is 6. The maximum absolute atomic E-state index is 7.01. The van der Waals surface area contributed by atoms with Crippen molar-refractivity contribution in [2.24, 2.45) is 0 Å². The SMILES string of the molecule is c1ccc(-c2ccccc2N(c2ccccc2)c2ccc3c(c2)Oc2cccc4c2c-3cc2c3ccccc3c(N(c3ccccc3)c3ccccc3-c3ccccc3)cc42)cc1. The van der Waals surface area contributed by atoms with E-state index in [4.69, 9.17) is 4.74 Å². The predicted octanol–water partition coefficient (Wildman–Crippen LogP) is 17.2. The van der Waals surface area contributed by atoms with Gasteiger partial charge in [0.2, 0.25) is 0 Å². The highest BCUT2D eigenvalue weighted by molar-refractivity contribution is 6.26. The van der Waals surface area contributed by atoms with Crippen LogP contribution in [0, 0.1) is 0 Å². The minimum Gasteiger partial charge on any atom is -0.456 e. The summed E-state index contributed by atoms with van der Waals surface area (Å²) in [7, 11) is 0. The van der Waals surface area contributed by atoms with Crippen molar-refractivity contribution in [3.63, 3.8) is 0 Å². The molecule has 0 radical (unpaired) electrons. The van der Waals surface area contributed by atoms with Gasteiger partial charge in [0.25, 0.3) is 0 Å². The van der Waals surface area contributed by atoms with Gasteiger partial charge in [-0.3, -0.25) is 0 Å². The van der Waals surface area contributed by atoms with Crippen molar-refractivity contribution in [3.8, 4) is 44.9 Å². The molecule has 0 atom stereocenters. The number of para-hydroxylation sites is 4. The fraction of sp³-hybridized carbons (Fsp3) is 0. The van der Waals surface area contributed by atoms with Crippen LogP contribution in [0.1, 0.15) is 0 Å². The van der Waals surface area contributed by atoms with Gasteiger partial charge in [0.1, 0.15) is 11.5 Å². The van der Waals surface area contributed by atoms with Crippen LogP contribution in [0.25, 0.3) is 65.7 Å². The molecule has 0 N–H and O–H groups in total. The van der Waals surface area contributed by atoms with Gasteiger partial charge in [0.15, 0.2) is 0 Å². The molecule has 63 heavy (non-hydrogen) atoms. The number of anilines is 6. The zero-order valence-electron chi connectivity index (χ0n) is 34.4. The Morgan fingerprint density at radius 1 is 0.254 bits per heavy atom. The molecule has 1 aliphatic rings. The molecular formula is C60H40N2O. The van der Waals surface area contributed by atoms with E-state index in [2.05, 4.69) is 252 Å². The summed E-state index contributed by atoms with van der Waals surface area (Å²) in [4.78, 5) is 4.77. The van der Waals surface area contributed by atoms with Crippen molar-refractivity contribution in [2.75, 3.05) is 9.80 Å². The monoisotopic (exact) mass is 804 g/mol. The fourth-order valence-corrected chi connectivity index (χ4v) is 9.62. The molecule has 0 unspecified atom stereocenters. The summed E-state index contributed by atoms with van der Waals surface area (Å²) in [6.07, 6.45) is 0. The fourth-order valence-electron chi connectivity index (χ4n) is 9.62. The second-order valence-corrected chi connectivity index (χ2v) is 16.0. The van der Waals surface area contributed by atoms with Crippen LogP contribution in [-0.2, 0) is 0 Å². The van der Waals surface area contributed by atoms with E-state index in [-0.39, 0.29) is 0 Å². The van der Waals surface area contributed by atoms with Gasteiger partial charge < -0.3 is 14.5 Å². The van der Waals surface area contributed by atoms with Crippen LogP contribution in [0.4, 0.5) is 34.1 Å². The maximum Gasteiger partial charge on any atom is 0.137 e. The minimum atomic E-state index is 0.832. The molecule has 11 aromatic carbocycles. The summed E-state index contributed by atoms with van der Waals surface area (Å²) >= 11 is 0. The van der Waals surface area contributed by atoms with E-state index in [1.807, 2.05) is 0 Å². The van der Waals surface area contributed by atoms with Crippen molar-refractivity contribution in [3.05, 3.63) is 243 Å². The highest BCUT2D eigenvalue weighted by atomic mass is 16.5. The van der Waals surface area contributed by atoms with Gasteiger partial charge in [-0.05, 0) is 105 Å². The van der Waals surface area contributed by atoms with Gasteiger partial charge in [0, 0.05) is 50.6 Å². The zero-order chi connectivity index (χ0) is 41.7. The third kappa shape index (κ3) is 6.21. The molecule has 296 valence electrons. The lowest BCUT2D eigenvalue weighted by atomic mass is 9.88. The molecule has 0 aliphatic carbocycles. The molecule has 0 bridgehead atoms. The largest absolute Gasteiger partial charge is 0.456 e. The Balaban J connectivity index is 1.07. The molecule has 0 aromatic heterocycles. The number of benzene rings is 11. The minimum absolute atomic E-state index is 0.832. The number of rotatable bonds is 8. The van der Waals surface area contributed by atoms with Gasteiger partial charge in [-0.2, -0.15) is 0 Å². The number of hydrogen-bond donors (Lipinski definition) is 0. The average molecular weight is 805 g/mol. The Morgan fingerprint density at radius 2 is 0.762 bits per heavy atom. The van der Waals surface area contributed by atoms with E-state index >= 15 is 0 Å². The average Bonchev–Trinajstić information content (AvgIpc) is 3.36. The standard InChI is InChI=1S/C60H40N2O/c1-5-20-41(21-6-1)46-28-15-17-33-55(46)61(43-24-9-3-10-25-43)45-36-37-50-54-39-52-48-30-13-14-31-49(48)57(40-53(52)51-32-19-35-58(60(51)54)63-59(50)38-45)62(44-26-11-4-12-27-44)56-34-18-16-29-47(56)42-22-7-2-8-23-42/h1-40H. The number of nitrogens with zero attached hydrogens (tertiary/aromatic N) is 2. The summed E-state index contributed by atoms with van der Waals surface area (Å²) < 4.78 is 7.01. The quantitative estimate of drug-likeness (QED) is 0.142. The molecule has 12 rings (SSSR count). The van der Waals surface area contributed by atoms with Gasteiger partial charge in [-0.1, -0.05) is 170 Å². The Bertz CT molecular complexity index is 3480. The summed E-state index contributed by atoms with van der Waals surface area (Å²) in [5.74, 6) is 1.69. The van der Waals surface area contributed by atoms with Crippen LogP contribution < -0.4 is 14.5 Å². The lowest BCUT2D eigenvalue weighted by Crippen LogP contribution is -2.12. The molecule has 3 heteroatoms. The van der Waals surface area contributed by atoms with E-state index in [1.165, 1.54) is 43.8 Å². The highest BCUT2D eigenvalue weighted by Crippen LogP contribution is 2.53. The van der Waals surface area contributed by atoms with E-state index in [0.29, 0.717) is 0 Å². The lowest BCUT2D eigenvalue weighted by Gasteiger charge is -2.31. The Hall–Kier alpha value is -8.40. The lowest BCUT2D eigenvalue weighted by molar-refractivity contribution is 0.487. The Labute approximate surface area is 367 Å². The van der Waals surface area contributed by atoms with Gasteiger partial charge in [-0.25, -0.2) is 0 Å². The summed E-state index contributed by atoms with van der Waals surface area (Å²) in [6.45, 7) is 0. The molecule has 0 fully saturated rings. The second-order valence-electron chi connectivity index (χ2n) is 16.0. The van der Waals surface area contributed by atoms with Crippen molar-refractivity contribution in [1.29, 1.82) is 0 Å². The smallest absolute Gasteiger partial charge is 0.137 e. The topological polar surface area (TPSA) is 15.7 Å². The first-order valence-electron chi connectivity index (χ1n) is 21.5. The molecule has 11 aromatic rings. The molecule has 0 spiro atoms. The summed E-state index contributed by atoms with van der Waals surface area (Å²) in [5.41, 5.74) is 13.4. The third-order valence-electron chi connectivity index (χ3n) is 12.4. The van der Waals surface area contributed by atoms with Crippen molar-refractivity contribution >= 4 is 66.4 Å². The first kappa shape index (κ1) is 36.5. The van der Waals surface area contributed by atoms with E-state index in [1.54, 1.807) is 0 Å². The van der Waals surface area contributed by atoms with Crippen LogP contribution in [0.15, 0.2) is 243 Å². The van der Waals surface area contributed by atoms with Crippen LogP contribution >= 0.6 is 0 Å². The second kappa shape index (κ2) is 15.3. The molecule has 0 saturated carbocycles. The highest BCUT2D eigenvalue weighted by Gasteiger charge is 2.27. The van der Waals surface area contributed by atoms with E-state index in [0.717, 1.165) is 67.5 Å². The van der Waals surface area contributed by atoms with Gasteiger partial charge in [0.05, 0.1) is 17.1 Å². The molecule has 1 heterocycles. The number of ether oxygens (including phenoxy) is 1. The van der Waals surface area contributed by atoms with Gasteiger partial charge >= 0.3 is 0 Å². The zero-order valence-corrected chi connectivity index (χ0v) is 34.4. The van der Waals surface area contributed by atoms with Gasteiger partial charge in [-0.15, -0.1) is 0 Å². The van der Waals surface area contributed by atoms with E-state index in [9.17, 15) is 0 Å². The van der Waals surface area contributed by atoms with Crippen molar-refractivity contribution in [1.82, 2.24) is 0 Å². The van der Waals surface area contributed by atoms with Crippen LogP contribution in [-0.4, -0.2) is 0 Å². The van der Waals surface area contributed by atoms with Crippen molar-refractivity contribution in [2.45, 2.75) is 0 Å². The van der Waals surface area contributed by atoms with Crippen LogP contribution in [0.3, 0.4) is 0 Å². The third-order valence-corrected chi connectivity index (χ3v) is 12.4. The molecule has 3 nitrogen and oxygen atoms in total. The first-order valence-corrected chi connectivity index (χ1v) is 21.5. The van der Waals surface area contributed by atoms with Crippen LogP contribution in [0.5, 0.6) is 11.5 Å². The first-order chi connectivity index (χ1) is 31.3. The predicted molar refractivity (Wildman–Crippen MR) is 265 cm³/mol. The van der Waals surface area contributed by atoms with E-state index < -0.39 is 0 Å². The normalized spacial score (nSPS) is 11.6. The Kier molecular flexibility index (Phi) is 8.83. The van der Waals surface area contributed by atoms with Crippen LogP contribution in [0.2, 0.25) is 0 Å². The summed E-state index contributed by atoms with van der Waals surface area (Å²) in [5, 5.41) is 7.05. The molecule has 1 aliphatic heterocycles.